The maximum atomic E-state index is 11.2. The van der Waals surface area contributed by atoms with Gasteiger partial charge in [-0.3, -0.25) is 4.79 Å². The molecule has 76 valence electrons. The number of carbonyl (C=O) groups is 1. The van der Waals surface area contributed by atoms with Crippen LogP contribution < -0.4 is 0 Å². The first kappa shape index (κ1) is 12.2. The largest absolute Gasteiger partial charge is 0.461 e. The van der Waals surface area contributed by atoms with Crippen LogP contribution in [0.3, 0.4) is 0 Å². The Kier molecular flexibility index (Phi) is 7.36. The van der Waals surface area contributed by atoms with E-state index in [1.54, 1.807) is 6.08 Å². The molecular weight excluding hydrogens is 164 g/mol. The first-order valence-corrected chi connectivity index (χ1v) is 4.99. The van der Waals surface area contributed by atoms with Crippen LogP contribution in [0.15, 0.2) is 12.7 Å². The van der Waals surface area contributed by atoms with Crippen molar-refractivity contribution in [3.05, 3.63) is 12.7 Å². The summed E-state index contributed by atoms with van der Waals surface area (Å²) in [5.41, 5.74) is 0. The molecule has 0 fully saturated rings. The van der Waals surface area contributed by atoms with Gasteiger partial charge in [0.25, 0.3) is 0 Å². The monoisotopic (exact) mass is 184 g/mol. The fourth-order valence-electron chi connectivity index (χ4n) is 1.10. The maximum Gasteiger partial charge on any atom is 0.308 e. The molecule has 0 saturated heterocycles. The summed E-state index contributed by atoms with van der Waals surface area (Å²) in [5, 5.41) is 0. The average molecular weight is 184 g/mol. The van der Waals surface area contributed by atoms with Gasteiger partial charge in [-0.25, -0.2) is 0 Å². The zero-order valence-electron chi connectivity index (χ0n) is 8.71. The van der Waals surface area contributed by atoms with E-state index < -0.39 is 0 Å². The van der Waals surface area contributed by atoms with Gasteiger partial charge >= 0.3 is 5.97 Å². The molecule has 13 heavy (non-hydrogen) atoms. The third kappa shape index (κ3) is 6.38. The van der Waals surface area contributed by atoms with Gasteiger partial charge < -0.3 is 4.74 Å². The number of esters is 1. The summed E-state index contributed by atoms with van der Waals surface area (Å²) in [6.07, 6.45) is 6.02. The van der Waals surface area contributed by atoms with Crippen LogP contribution in [0.25, 0.3) is 0 Å². The molecule has 0 bridgehead atoms. The maximum absolute atomic E-state index is 11.2. The van der Waals surface area contributed by atoms with Crippen molar-refractivity contribution in [2.24, 2.45) is 5.92 Å². The second-order valence-electron chi connectivity index (χ2n) is 3.32. The molecule has 0 amide bonds. The van der Waals surface area contributed by atoms with Crippen molar-refractivity contribution in [1.29, 1.82) is 0 Å². The average Bonchev–Trinajstić information content (AvgIpc) is 2.14. The Balaban J connectivity index is 3.50. The van der Waals surface area contributed by atoms with E-state index in [1.807, 2.05) is 6.92 Å². The second-order valence-corrected chi connectivity index (χ2v) is 3.32. The van der Waals surface area contributed by atoms with Crippen LogP contribution in [0.1, 0.15) is 39.5 Å². The van der Waals surface area contributed by atoms with E-state index in [9.17, 15) is 4.79 Å². The molecule has 2 nitrogen and oxygen atoms in total. The normalized spacial score (nSPS) is 12.2. The summed E-state index contributed by atoms with van der Waals surface area (Å²) < 4.78 is 4.93. The van der Waals surface area contributed by atoms with Crippen LogP contribution in [-0.2, 0) is 9.53 Å². The first-order chi connectivity index (χ1) is 6.22. The van der Waals surface area contributed by atoms with Crippen molar-refractivity contribution in [3.8, 4) is 0 Å². The van der Waals surface area contributed by atoms with Gasteiger partial charge in [0.15, 0.2) is 0 Å². The van der Waals surface area contributed by atoms with E-state index in [1.165, 1.54) is 12.8 Å². The Hall–Kier alpha value is -0.790. The highest BCUT2D eigenvalue weighted by atomic mass is 16.5. The fourth-order valence-corrected chi connectivity index (χ4v) is 1.10. The summed E-state index contributed by atoms with van der Waals surface area (Å²) in [5.74, 6) is -0.0671. The van der Waals surface area contributed by atoms with Crippen LogP contribution in [0.4, 0.5) is 0 Å². The molecule has 0 aromatic heterocycles. The standard InChI is InChI=1S/C11H20O2/c1-4-6-7-8-10(3)11(12)13-9-5-2/h5,10H,2,4,6-9H2,1,3H3. The minimum Gasteiger partial charge on any atom is -0.461 e. The van der Waals surface area contributed by atoms with Gasteiger partial charge in [-0.1, -0.05) is 45.8 Å². The van der Waals surface area contributed by atoms with Crippen LogP contribution in [0.2, 0.25) is 0 Å². The number of rotatable bonds is 7. The Morgan fingerprint density at radius 3 is 2.77 bits per heavy atom. The summed E-state index contributed by atoms with van der Waals surface area (Å²) >= 11 is 0. The lowest BCUT2D eigenvalue weighted by Gasteiger charge is -2.09. The third-order valence-electron chi connectivity index (χ3n) is 1.99. The Bertz CT molecular complexity index is 152. The van der Waals surface area contributed by atoms with Crippen LogP contribution in [-0.4, -0.2) is 12.6 Å². The Morgan fingerprint density at radius 1 is 1.54 bits per heavy atom. The summed E-state index contributed by atoms with van der Waals surface area (Å²) in [4.78, 5) is 11.2. The smallest absolute Gasteiger partial charge is 0.308 e. The molecule has 0 N–H and O–H groups in total. The van der Waals surface area contributed by atoms with E-state index in [-0.39, 0.29) is 11.9 Å². The summed E-state index contributed by atoms with van der Waals surface area (Å²) in [7, 11) is 0. The van der Waals surface area contributed by atoms with Crippen molar-refractivity contribution in [2.45, 2.75) is 39.5 Å². The molecule has 1 atom stereocenters. The number of carbonyl (C=O) groups excluding carboxylic acids is 1. The highest BCUT2D eigenvalue weighted by Crippen LogP contribution is 2.10. The van der Waals surface area contributed by atoms with Gasteiger partial charge in [0.1, 0.15) is 6.61 Å². The number of hydrogen-bond acceptors (Lipinski definition) is 2. The highest BCUT2D eigenvalue weighted by Gasteiger charge is 2.12. The molecule has 0 aliphatic rings. The molecule has 0 saturated carbocycles. The third-order valence-corrected chi connectivity index (χ3v) is 1.99. The molecule has 0 spiro atoms. The van der Waals surface area contributed by atoms with E-state index in [0.717, 1.165) is 12.8 Å². The Labute approximate surface area is 81.0 Å². The quantitative estimate of drug-likeness (QED) is 0.345. The van der Waals surface area contributed by atoms with Crippen molar-refractivity contribution < 1.29 is 9.53 Å². The van der Waals surface area contributed by atoms with Crippen LogP contribution in [0.5, 0.6) is 0 Å². The molecule has 0 heterocycles. The lowest BCUT2D eigenvalue weighted by atomic mass is 10.0. The van der Waals surface area contributed by atoms with Gasteiger partial charge in [0.05, 0.1) is 5.92 Å². The van der Waals surface area contributed by atoms with Gasteiger partial charge in [-0.15, -0.1) is 0 Å². The van der Waals surface area contributed by atoms with Crippen LogP contribution >= 0.6 is 0 Å². The lowest BCUT2D eigenvalue weighted by Crippen LogP contribution is -2.14. The van der Waals surface area contributed by atoms with Crippen molar-refractivity contribution >= 4 is 5.97 Å². The molecule has 0 aliphatic heterocycles. The zero-order chi connectivity index (χ0) is 10.1. The molecular formula is C11H20O2. The predicted molar refractivity (Wildman–Crippen MR) is 54.5 cm³/mol. The van der Waals surface area contributed by atoms with Gasteiger partial charge in [-0.2, -0.15) is 0 Å². The summed E-state index contributed by atoms with van der Waals surface area (Å²) in [6, 6.07) is 0. The zero-order valence-corrected chi connectivity index (χ0v) is 8.71. The Morgan fingerprint density at radius 2 is 2.23 bits per heavy atom. The molecule has 0 aliphatic carbocycles. The molecule has 2 heteroatoms. The van der Waals surface area contributed by atoms with E-state index in [2.05, 4.69) is 13.5 Å². The SMILES string of the molecule is C=CCOC(=O)C(C)CCCCC. The highest BCUT2D eigenvalue weighted by molar-refractivity contribution is 5.71. The number of hydrogen-bond donors (Lipinski definition) is 0. The first-order valence-electron chi connectivity index (χ1n) is 4.99. The predicted octanol–water partition coefficient (Wildman–Crippen LogP) is 2.93. The molecule has 0 rings (SSSR count). The molecule has 0 aromatic rings. The van der Waals surface area contributed by atoms with Crippen molar-refractivity contribution in [3.63, 3.8) is 0 Å². The fraction of sp³-hybridized carbons (Fsp3) is 0.727. The van der Waals surface area contributed by atoms with Crippen molar-refractivity contribution in [2.75, 3.05) is 6.61 Å². The molecule has 0 radical (unpaired) electrons. The van der Waals surface area contributed by atoms with Crippen molar-refractivity contribution in [1.82, 2.24) is 0 Å². The minimum atomic E-state index is -0.101. The number of ether oxygens (including phenoxy) is 1. The minimum absolute atomic E-state index is 0.0338. The van der Waals surface area contributed by atoms with E-state index in [0.29, 0.717) is 6.61 Å². The van der Waals surface area contributed by atoms with Gasteiger partial charge in [0, 0.05) is 0 Å². The van der Waals surface area contributed by atoms with E-state index in [4.69, 9.17) is 4.74 Å². The van der Waals surface area contributed by atoms with Gasteiger partial charge in [0.2, 0.25) is 0 Å². The summed E-state index contributed by atoms with van der Waals surface area (Å²) in [6.45, 7) is 7.89. The number of unbranched alkanes of at least 4 members (excludes halogenated alkanes) is 2. The topological polar surface area (TPSA) is 26.3 Å². The second kappa shape index (κ2) is 7.84. The van der Waals surface area contributed by atoms with Gasteiger partial charge in [-0.05, 0) is 6.42 Å². The lowest BCUT2D eigenvalue weighted by molar-refractivity contribution is -0.146. The molecule has 1 unspecified atom stereocenters. The van der Waals surface area contributed by atoms with E-state index >= 15 is 0 Å². The molecule has 0 aromatic carbocycles. The van der Waals surface area contributed by atoms with Crippen LogP contribution in [0, 0.1) is 5.92 Å².